The SMILES string of the molecule is CC(C)(C)OC(=O)NCC=Cc1cc(C(C)(C)C)ccc1N. The van der Waals surface area contributed by atoms with Gasteiger partial charge in [-0.05, 0) is 49.4 Å². The summed E-state index contributed by atoms with van der Waals surface area (Å²) in [6.45, 7) is 12.4. The molecule has 4 nitrogen and oxygen atoms in total. The summed E-state index contributed by atoms with van der Waals surface area (Å²) in [5.74, 6) is 0. The van der Waals surface area contributed by atoms with E-state index in [9.17, 15) is 4.79 Å². The second kappa shape index (κ2) is 6.86. The molecule has 22 heavy (non-hydrogen) atoms. The number of benzene rings is 1. The molecule has 0 atom stereocenters. The smallest absolute Gasteiger partial charge is 0.407 e. The van der Waals surface area contributed by atoms with Gasteiger partial charge in [0.15, 0.2) is 0 Å². The van der Waals surface area contributed by atoms with Gasteiger partial charge >= 0.3 is 6.09 Å². The van der Waals surface area contributed by atoms with E-state index in [0.717, 1.165) is 11.3 Å². The largest absolute Gasteiger partial charge is 0.444 e. The van der Waals surface area contributed by atoms with Gasteiger partial charge in [0.25, 0.3) is 0 Å². The molecule has 0 unspecified atom stereocenters. The van der Waals surface area contributed by atoms with Crippen molar-refractivity contribution in [3.05, 3.63) is 35.4 Å². The van der Waals surface area contributed by atoms with Crippen molar-refractivity contribution in [2.24, 2.45) is 0 Å². The average Bonchev–Trinajstić information content (AvgIpc) is 2.33. The van der Waals surface area contributed by atoms with Crippen molar-refractivity contribution in [1.29, 1.82) is 0 Å². The molecule has 0 aromatic heterocycles. The molecule has 0 saturated heterocycles. The molecular formula is C18H28N2O2. The lowest BCUT2D eigenvalue weighted by Crippen LogP contribution is -2.32. The maximum Gasteiger partial charge on any atom is 0.407 e. The molecule has 1 rings (SSSR count). The minimum Gasteiger partial charge on any atom is -0.444 e. The van der Waals surface area contributed by atoms with Crippen LogP contribution in [0.5, 0.6) is 0 Å². The summed E-state index contributed by atoms with van der Waals surface area (Å²) in [5, 5.41) is 2.68. The normalized spacial score (nSPS) is 12.5. The molecule has 0 bridgehead atoms. The third-order valence-corrected chi connectivity index (χ3v) is 3.01. The van der Waals surface area contributed by atoms with E-state index in [1.54, 1.807) is 0 Å². The number of nitrogen functional groups attached to an aromatic ring is 1. The zero-order chi connectivity index (χ0) is 17.0. The fourth-order valence-corrected chi connectivity index (χ4v) is 1.83. The summed E-state index contributed by atoms with van der Waals surface area (Å²) in [4.78, 5) is 11.5. The Labute approximate surface area is 133 Å². The number of carbonyl (C=O) groups is 1. The van der Waals surface area contributed by atoms with E-state index >= 15 is 0 Å². The fourth-order valence-electron chi connectivity index (χ4n) is 1.83. The van der Waals surface area contributed by atoms with E-state index < -0.39 is 11.7 Å². The predicted molar refractivity (Wildman–Crippen MR) is 92.8 cm³/mol. The second-order valence-electron chi connectivity index (χ2n) is 7.38. The Bertz CT molecular complexity index is 549. The molecule has 0 heterocycles. The quantitative estimate of drug-likeness (QED) is 0.826. The predicted octanol–water partition coefficient (Wildman–Crippen LogP) is 4.10. The van der Waals surface area contributed by atoms with E-state index in [-0.39, 0.29) is 5.41 Å². The standard InChI is InChI=1S/C18H28N2O2/c1-17(2,3)14-9-10-15(19)13(12-14)8-7-11-20-16(21)22-18(4,5)6/h7-10,12H,11,19H2,1-6H3,(H,20,21). The van der Waals surface area contributed by atoms with Crippen LogP contribution in [0.1, 0.15) is 52.7 Å². The summed E-state index contributed by atoms with van der Waals surface area (Å²) in [6.07, 6.45) is 3.36. The van der Waals surface area contributed by atoms with Gasteiger partial charge in [-0.3, -0.25) is 0 Å². The second-order valence-corrected chi connectivity index (χ2v) is 7.38. The number of hydrogen-bond donors (Lipinski definition) is 2. The van der Waals surface area contributed by atoms with E-state index in [1.165, 1.54) is 5.56 Å². The molecule has 0 fully saturated rings. The lowest BCUT2D eigenvalue weighted by atomic mass is 9.86. The van der Waals surface area contributed by atoms with Crippen LogP contribution in [0.3, 0.4) is 0 Å². The molecule has 0 saturated carbocycles. The van der Waals surface area contributed by atoms with Crippen molar-refractivity contribution in [2.45, 2.75) is 52.6 Å². The monoisotopic (exact) mass is 304 g/mol. The highest BCUT2D eigenvalue weighted by atomic mass is 16.6. The van der Waals surface area contributed by atoms with Crippen LogP contribution in [0, 0.1) is 0 Å². The van der Waals surface area contributed by atoms with E-state index in [1.807, 2.05) is 45.1 Å². The van der Waals surface area contributed by atoms with Gasteiger partial charge in [-0.1, -0.05) is 39.0 Å². The van der Waals surface area contributed by atoms with E-state index in [0.29, 0.717) is 6.54 Å². The van der Waals surface area contributed by atoms with Gasteiger partial charge in [-0.2, -0.15) is 0 Å². The third kappa shape index (κ3) is 6.20. The van der Waals surface area contributed by atoms with Crippen LogP contribution < -0.4 is 11.1 Å². The van der Waals surface area contributed by atoms with Crippen molar-refractivity contribution >= 4 is 17.9 Å². The number of nitrogens with one attached hydrogen (secondary N) is 1. The minimum atomic E-state index is -0.487. The van der Waals surface area contributed by atoms with Gasteiger partial charge in [0, 0.05) is 12.2 Å². The van der Waals surface area contributed by atoms with Crippen molar-refractivity contribution in [2.75, 3.05) is 12.3 Å². The summed E-state index contributed by atoms with van der Waals surface area (Å²) < 4.78 is 5.17. The summed E-state index contributed by atoms with van der Waals surface area (Å²) in [7, 11) is 0. The summed E-state index contributed by atoms with van der Waals surface area (Å²) >= 11 is 0. The highest BCUT2D eigenvalue weighted by molar-refractivity contribution is 5.69. The maximum atomic E-state index is 11.5. The van der Waals surface area contributed by atoms with Gasteiger partial charge in [0.2, 0.25) is 0 Å². The van der Waals surface area contributed by atoms with Crippen molar-refractivity contribution in [3.63, 3.8) is 0 Å². The molecule has 0 radical (unpaired) electrons. The van der Waals surface area contributed by atoms with Crippen LogP contribution in [-0.4, -0.2) is 18.2 Å². The molecule has 0 spiro atoms. The first kappa shape index (κ1) is 18.1. The molecule has 4 heteroatoms. The molecule has 0 aliphatic heterocycles. The zero-order valence-electron chi connectivity index (χ0n) is 14.5. The van der Waals surface area contributed by atoms with Crippen molar-refractivity contribution < 1.29 is 9.53 Å². The van der Waals surface area contributed by atoms with Crippen LogP contribution in [0.2, 0.25) is 0 Å². The highest BCUT2D eigenvalue weighted by Gasteiger charge is 2.15. The molecule has 0 aliphatic rings. The molecular weight excluding hydrogens is 276 g/mol. The third-order valence-electron chi connectivity index (χ3n) is 3.01. The zero-order valence-corrected chi connectivity index (χ0v) is 14.5. The van der Waals surface area contributed by atoms with Crippen LogP contribution in [0.4, 0.5) is 10.5 Å². The van der Waals surface area contributed by atoms with Gasteiger partial charge in [-0.15, -0.1) is 0 Å². The Kier molecular flexibility index (Phi) is 5.64. The van der Waals surface area contributed by atoms with Gasteiger partial charge in [-0.25, -0.2) is 4.79 Å². The molecule has 1 aromatic carbocycles. The number of anilines is 1. The Morgan fingerprint density at radius 3 is 2.41 bits per heavy atom. The number of carbonyl (C=O) groups excluding carboxylic acids is 1. The lowest BCUT2D eigenvalue weighted by Gasteiger charge is -2.20. The highest BCUT2D eigenvalue weighted by Crippen LogP contribution is 2.26. The Morgan fingerprint density at radius 2 is 1.86 bits per heavy atom. The summed E-state index contributed by atoms with van der Waals surface area (Å²) in [6, 6.07) is 6.05. The van der Waals surface area contributed by atoms with E-state index in [4.69, 9.17) is 10.5 Å². The topological polar surface area (TPSA) is 64.3 Å². The van der Waals surface area contributed by atoms with Crippen molar-refractivity contribution in [3.8, 4) is 0 Å². The lowest BCUT2D eigenvalue weighted by molar-refractivity contribution is 0.0534. The Morgan fingerprint density at radius 1 is 1.23 bits per heavy atom. The van der Waals surface area contributed by atoms with E-state index in [2.05, 4.69) is 32.2 Å². The number of amides is 1. The minimum absolute atomic E-state index is 0.0745. The number of rotatable bonds is 3. The van der Waals surface area contributed by atoms with Crippen LogP contribution in [-0.2, 0) is 10.2 Å². The van der Waals surface area contributed by atoms with Crippen molar-refractivity contribution in [1.82, 2.24) is 5.32 Å². The van der Waals surface area contributed by atoms with Gasteiger partial charge in [0.1, 0.15) is 5.60 Å². The first-order chi connectivity index (χ1) is 9.99. The molecule has 0 aliphatic carbocycles. The average molecular weight is 304 g/mol. The molecule has 1 aromatic rings. The van der Waals surface area contributed by atoms with Crippen LogP contribution in [0.15, 0.2) is 24.3 Å². The molecule has 122 valence electrons. The number of hydrogen-bond acceptors (Lipinski definition) is 3. The van der Waals surface area contributed by atoms with Gasteiger partial charge in [0.05, 0.1) is 0 Å². The number of alkyl carbamates (subject to hydrolysis) is 1. The number of nitrogens with two attached hydrogens (primary N) is 1. The Hall–Kier alpha value is -1.97. The van der Waals surface area contributed by atoms with Gasteiger partial charge < -0.3 is 15.8 Å². The first-order valence-corrected chi connectivity index (χ1v) is 7.52. The first-order valence-electron chi connectivity index (χ1n) is 7.52. The maximum absolute atomic E-state index is 11.5. The van der Waals surface area contributed by atoms with Crippen LogP contribution in [0.25, 0.3) is 6.08 Å². The molecule has 3 N–H and O–H groups in total. The molecule has 1 amide bonds. The fraction of sp³-hybridized carbons (Fsp3) is 0.500. The summed E-state index contributed by atoms with van der Waals surface area (Å²) in [5.41, 5.74) is 8.49. The Balaban J connectivity index is 2.65. The van der Waals surface area contributed by atoms with Crippen LogP contribution >= 0.6 is 0 Å². The number of ether oxygens (including phenoxy) is 1.